The summed E-state index contributed by atoms with van der Waals surface area (Å²) in [5.41, 5.74) is 0. The zero-order chi connectivity index (χ0) is 20.8. The highest BCUT2D eigenvalue weighted by Crippen LogP contribution is 2.24. The zero-order valence-corrected chi connectivity index (χ0v) is 17.7. The van der Waals surface area contributed by atoms with Gasteiger partial charge in [0.2, 0.25) is 0 Å². The third-order valence-corrected chi connectivity index (χ3v) is 4.94. The average molecular weight is 410 g/mol. The SMILES string of the molecule is CCNC(=NCCC1CCN(CC(F)(F)F)CC1)NCCN(C)CCCOC. The van der Waals surface area contributed by atoms with E-state index in [1.807, 2.05) is 6.92 Å². The van der Waals surface area contributed by atoms with Gasteiger partial charge in [0, 0.05) is 46.4 Å². The Morgan fingerprint density at radius 3 is 2.54 bits per heavy atom. The number of rotatable bonds is 12. The van der Waals surface area contributed by atoms with E-state index in [1.165, 1.54) is 4.90 Å². The predicted molar refractivity (Wildman–Crippen MR) is 108 cm³/mol. The second kappa shape index (κ2) is 14.0. The van der Waals surface area contributed by atoms with Gasteiger partial charge < -0.3 is 20.3 Å². The Labute approximate surface area is 167 Å². The van der Waals surface area contributed by atoms with Crippen LogP contribution in [0.2, 0.25) is 0 Å². The van der Waals surface area contributed by atoms with E-state index >= 15 is 0 Å². The fourth-order valence-corrected chi connectivity index (χ4v) is 3.34. The van der Waals surface area contributed by atoms with Crippen LogP contribution in [-0.4, -0.2) is 95.1 Å². The molecule has 0 bridgehead atoms. The van der Waals surface area contributed by atoms with E-state index in [2.05, 4.69) is 27.6 Å². The van der Waals surface area contributed by atoms with Gasteiger partial charge in [0.25, 0.3) is 0 Å². The predicted octanol–water partition coefficient (Wildman–Crippen LogP) is 2.17. The summed E-state index contributed by atoms with van der Waals surface area (Å²) in [6, 6.07) is 0. The van der Waals surface area contributed by atoms with Gasteiger partial charge in [0.05, 0.1) is 6.54 Å². The van der Waals surface area contributed by atoms with Crippen LogP contribution in [0.1, 0.15) is 32.6 Å². The van der Waals surface area contributed by atoms with Gasteiger partial charge in [-0.1, -0.05) is 0 Å². The summed E-state index contributed by atoms with van der Waals surface area (Å²) < 4.78 is 42.4. The van der Waals surface area contributed by atoms with Crippen LogP contribution in [0.4, 0.5) is 13.2 Å². The van der Waals surface area contributed by atoms with E-state index in [1.54, 1.807) is 7.11 Å². The third-order valence-electron chi connectivity index (χ3n) is 4.94. The monoisotopic (exact) mass is 409 g/mol. The second-order valence-corrected chi connectivity index (χ2v) is 7.46. The van der Waals surface area contributed by atoms with E-state index in [4.69, 9.17) is 4.74 Å². The van der Waals surface area contributed by atoms with Gasteiger partial charge in [0.15, 0.2) is 5.96 Å². The first-order chi connectivity index (χ1) is 13.3. The quantitative estimate of drug-likeness (QED) is 0.294. The fraction of sp³-hybridized carbons (Fsp3) is 0.947. The molecule has 1 rings (SSSR count). The Balaban J connectivity index is 2.24. The average Bonchev–Trinajstić information content (AvgIpc) is 2.62. The minimum Gasteiger partial charge on any atom is -0.385 e. The number of likely N-dealkylation sites (N-methyl/N-ethyl adjacent to an activating group) is 1. The normalized spacial score (nSPS) is 17.3. The lowest BCUT2D eigenvalue weighted by Gasteiger charge is -2.32. The van der Waals surface area contributed by atoms with Gasteiger partial charge >= 0.3 is 6.18 Å². The molecule has 0 radical (unpaired) electrons. The lowest BCUT2D eigenvalue weighted by molar-refractivity contribution is -0.148. The molecule has 1 aliphatic heterocycles. The maximum Gasteiger partial charge on any atom is 0.401 e. The molecule has 0 spiro atoms. The molecule has 1 saturated heterocycles. The molecule has 9 heteroatoms. The molecule has 1 heterocycles. The maximum absolute atomic E-state index is 12.4. The molecule has 0 unspecified atom stereocenters. The molecule has 0 aliphatic carbocycles. The largest absolute Gasteiger partial charge is 0.401 e. The summed E-state index contributed by atoms with van der Waals surface area (Å²) >= 11 is 0. The number of piperidine rings is 1. The van der Waals surface area contributed by atoms with Gasteiger partial charge in [0.1, 0.15) is 0 Å². The molecule has 0 atom stereocenters. The Kier molecular flexibility index (Phi) is 12.5. The Bertz CT molecular complexity index is 426. The van der Waals surface area contributed by atoms with Gasteiger partial charge in [-0.05, 0) is 58.7 Å². The van der Waals surface area contributed by atoms with Gasteiger partial charge in [-0.2, -0.15) is 13.2 Å². The van der Waals surface area contributed by atoms with Gasteiger partial charge in [-0.25, -0.2) is 0 Å². The van der Waals surface area contributed by atoms with Crippen molar-refractivity contribution in [1.29, 1.82) is 0 Å². The van der Waals surface area contributed by atoms with Crippen LogP contribution in [0.5, 0.6) is 0 Å². The van der Waals surface area contributed by atoms with Crippen LogP contribution in [0.25, 0.3) is 0 Å². The summed E-state index contributed by atoms with van der Waals surface area (Å²) in [5.74, 6) is 1.27. The molecule has 1 aliphatic rings. The molecule has 0 aromatic carbocycles. The molecular formula is C19H38F3N5O. The Morgan fingerprint density at radius 1 is 1.21 bits per heavy atom. The molecule has 0 amide bonds. The van der Waals surface area contributed by atoms with Crippen molar-refractivity contribution in [2.75, 3.05) is 73.1 Å². The highest BCUT2D eigenvalue weighted by Gasteiger charge is 2.32. The second-order valence-electron chi connectivity index (χ2n) is 7.46. The highest BCUT2D eigenvalue weighted by atomic mass is 19.4. The minimum atomic E-state index is -4.10. The van der Waals surface area contributed by atoms with E-state index in [0.29, 0.717) is 25.6 Å². The first kappa shape index (κ1) is 25.0. The number of aliphatic imine (C=N–C) groups is 1. The third kappa shape index (κ3) is 12.4. The first-order valence-electron chi connectivity index (χ1n) is 10.3. The lowest BCUT2D eigenvalue weighted by atomic mass is 9.93. The number of nitrogens with one attached hydrogen (secondary N) is 2. The summed E-state index contributed by atoms with van der Waals surface area (Å²) in [6.45, 7) is 7.30. The fourth-order valence-electron chi connectivity index (χ4n) is 3.34. The Morgan fingerprint density at radius 2 is 1.93 bits per heavy atom. The number of halogens is 3. The molecule has 28 heavy (non-hydrogen) atoms. The van der Waals surface area contributed by atoms with Crippen molar-refractivity contribution in [3.63, 3.8) is 0 Å². The molecule has 0 aromatic heterocycles. The van der Waals surface area contributed by atoms with E-state index in [0.717, 1.165) is 64.4 Å². The van der Waals surface area contributed by atoms with Crippen LogP contribution in [0.15, 0.2) is 4.99 Å². The van der Waals surface area contributed by atoms with Crippen molar-refractivity contribution in [2.45, 2.75) is 38.8 Å². The Hall–Kier alpha value is -1.06. The minimum absolute atomic E-state index is 0.461. The number of hydrogen-bond donors (Lipinski definition) is 2. The molecule has 6 nitrogen and oxygen atoms in total. The summed E-state index contributed by atoms with van der Waals surface area (Å²) in [5, 5.41) is 6.59. The molecule has 166 valence electrons. The van der Waals surface area contributed by atoms with Crippen molar-refractivity contribution < 1.29 is 17.9 Å². The van der Waals surface area contributed by atoms with Crippen LogP contribution in [0, 0.1) is 5.92 Å². The molecule has 1 fully saturated rings. The first-order valence-corrected chi connectivity index (χ1v) is 10.3. The van der Waals surface area contributed by atoms with Crippen molar-refractivity contribution in [3.05, 3.63) is 0 Å². The van der Waals surface area contributed by atoms with Crippen molar-refractivity contribution in [3.8, 4) is 0 Å². The van der Waals surface area contributed by atoms with E-state index < -0.39 is 12.7 Å². The number of nitrogens with zero attached hydrogens (tertiary/aromatic N) is 3. The van der Waals surface area contributed by atoms with Crippen LogP contribution in [0.3, 0.4) is 0 Å². The standard InChI is InChI=1S/C19H38F3N5O/c1-4-23-18(25-10-14-26(2)11-5-15-28-3)24-9-6-17-7-12-27(13-8-17)16-19(20,21)22/h17H,4-16H2,1-3H3,(H2,23,24,25). The summed E-state index contributed by atoms with van der Waals surface area (Å²) in [7, 11) is 3.80. The molecular weight excluding hydrogens is 371 g/mol. The number of hydrogen-bond acceptors (Lipinski definition) is 4. The van der Waals surface area contributed by atoms with Crippen LogP contribution < -0.4 is 10.6 Å². The number of methoxy groups -OCH3 is 1. The zero-order valence-electron chi connectivity index (χ0n) is 17.7. The van der Waals surface area contributed by atoms with Crippen LogP contribution >= 0.6 is 0 Å². The van der Waals surface area contributed by atoms with Gasteiger partial charge in [-0.15, -0.1) is 0 Å². The molecule has 0 aromatic rings. The topological polar surface area (TPSA) is 52.1 Å². The van der Waals surface area contributed by atoms with Gasteiger partial charge in [-0.3, -0.25) is 9.89 Å². The van der Waals surface area contributed by atoms with E-state index in [9.17, 15) is 13.2 Å². The van der Waals surface area contributed by atoms with E-state index in [-0.39, 0.29) is 0 Å². The number of alkyl halides is 3. The van der Waals surface area contributed by atoms with Crippen LogP contribution in [-0.2, 0) is 4.74 Å². The number of guanidine groups is 1. The summed E-state index contributed by atoms with van der Waals surface area (Å²) in [6.07, 6.45) is -0.513. The van der Waals surface area contributed by atoms with Crippen molar-refractivity contribution in [2.24, 2.45) is 10.9 Å². The number of likely N-dealkylation sites (tertiary alicyclic amines) is 1. The van der Waals surface area contributed by atoms with Crippen molar-refractivity contribution >= 4 is 5.96 Å². The maximum atomic E-state index is 12.4. The molecule has 0 saturated carbocycles. The summed E-state index contributed by atoms with van der Waals surface area (Å²) in [4.78, 5) is 8.38. The molecule has 2 N–H and O–H groups in total. The van der Waals surface area contributed by atoms with Crippen molar-refractivity contribution in [1.82, 2.24) is 20.4 Å². The lowest BCUT2D eigenvalue weighted by Crippen LogP contribution is -2.41. The smallest absolute Gasteiger partial charge is 0.385 e. The number of ether oxygens (including phenoxy) is 1. The highest BCUT2D eigenvalue weighted by molar-refractivity contribution is 5.79.